The maximum atomic E-state index is 6.22. The Kier molecular flexibility index (Phi) is 16.6. The average molecular weight is 1620 g/mol. The van der Waals surface area contributed by atoms with Gasteiger partial charge in [-0.05, 0) is 124 Å². The first-order valence-corrected chi connectivity index (χ1v) is 41.9. The van der Waals surface area contributed by atoms with Crippen molar-refractivity contribution in [2.24, 2.45) is 0 Å². The van der Waals surface area contributed by atoms with Gasteiger partial charge in [0.15, 0.2) is 34.9 Å². The lowest BCUT2D eigenvalue weighted by Crippen LogP contribution is -2.18. The SMILES string of the molecule is c1ccc(-c2nc(-c3ccc4c(c3)oc3ccccc34)nc(N3c4ccccc4-c4cccc5cccc3c45)n2)cc1.c1ccc(-c2nc(-c3ccc4oc5ccccc5c4c3)nc(N3c4ccccc4-c4cccc5cccc3c45)n2)cc1.c1ccc(-c2nc(-c3cccc4oc5ccccc5c34)nc(N3c4ccccc4-c4cccc5cccc3c45)n2)cc1. The summed E-state index contributed by atoms with van der Waals surface area (Å²) < 4.78 is 18.5. The normalized spacial score (nSPS) is 12.2. The van der Waals surface area contributed by atoms with E-state index in [2.05, 4.69) is 239 Å². The van der Waals surface area contributed by atoms with E-state index in [4.69, 9.17) is 58.1 Å². The van der Waals surface area contributed by atoms with Gasteiger partial charge in [-0.3, -0.25) is 14.7 Å². The fourth-order valence-corrected chi connectivity index (χ4v) is 18.5. The summed E-state index contributed by atoms with van der Waals surface area (Å²) in [5.41, 5.74) is 23.8. The van der Waals surface area contributed by atoms with Gasteiger partial charge in [0.25, 0.3) is 0 Å². The second kappa shape index (κ2) is 29.2. The van der Waals surface area contributed by atoms with E-state index < -0.39 is 0 Å². The van der Waals surface area contributed by atoms with E-state index in [0.717, 1.165) is 150 Å². The fourth-order valence-electron chi connectivity index (χ4n) is 18.5. The van der Waals surface area contributed by atoms with Crippen molar-refractivity contribution in [2.75, 3.05) is 14.7 Å². The fraction of sp³-hybridized carbons (Fsp3) is 0. The summed E-state index contributed by atoms with van der Waals surface area (Å²) in [5, 5.41) is 13.4. The number of aromatic nitrogens is 9. The van der Waals surface area contributed by atoms with Gasteiger partial charge in [0.05, 0.1) is 34.1 Å². The van der Waals surface area contributed by atoms with Crippen molar-refractivity contribution >= 4 is 150 Å². The quantitative estimate of drug-likeness (QED) is 0.134. The molecule has 6 aromatic heterocycles. The molecule has 3 aliphatic rings. The van der Waals surface area contributed by atoms with Gasteiger partial charge in [-0.2, -0.15) is 29.9 Å². The molecule has 27 rings (SSSR count). The van der Waals surface area contributed by atoms with Crippen LogP contribution in [0, 0.1) is 0 Å². The molecule has 18 aromatic carbocycles. The van der Waals surface area contributed by atoms with E-state index in [1.54, 1.807) is 0 Å². The highest BCUT2D eigenvalue weighted by Gasteiger charge is 2.34. The Hall–Kier alpha value is -17.4. The molecule has 0 saturated heterocycles. The third-order valence-electron chi connectivity index (χ3n) is 24.2. The molecule has 588 valence electrons. The first kappa shape index (κ1) is 71.5. The first-order valence-electron chi connectivity index (χ1n) is 41.9. The number of hydrogen-bond donors (Lipinski definition) is 0. The third kappa shape index (κ3) is 11.9. The Bertz CT molecular complexity index is 8520. The maximum absolute atomic E-state index is 6.22. The van der Waals surface area contributed by atoms with Crippen LogP contribution in [0.2, 0.25) is 0 Å². The van der Waals surface area contributed by atoms with Gasteiger partial charge in [0.2, 0.25) is 17.8 Å². The molecule has 0 fully saturated rings. The van der Waals surface area contributed by atoms with Crippen molar-refractivity contribution in [2.45, 2.75) is 0 Å². The van der Waals surface area contributed by atoms with Gasteiger partial charge in [-0.1, -0.05) is 309 Å². The number of rotatable bonds is 9. The summed E-state index contributed by atoms with van der Waals surface area (Å²) in [6, 6.07) is 137. The van der Waals surface area contributed by atoms with Crippen LogP contribution >= 0.6 is 0 Å². The summed E-state index contributed by atoms with van der Waals surface area (Å²) in [4.78, 5) is 52.4. The van der Waals surface area contributed by atoms with Crippen molar-refractivity contribution < 1.29 is 13.3 Å². The number of nitrogens with zero attached hydrogens (tertiary/aromatic N) is 12. The van der Waals surface area contributed by atoms with E-state index in [-0.39, 0.29) is 0 Å². The second-order valence-electron chi connectivity index (χ2n) is 31.4. The molecule has 0 aliphatic carbocycles. The van der Waals surface area contributed by atoms with E-state index in [1.807, 2.05) is 176 Å². The van der Waals surface area contributed by atoms with Gasteiger partial charge in [0, 0.05) is 98.5 Å². The van der Waals surface area contributed by atoms with Crippen LogP contribution in [0.3, 0.4) is 0 Å². The van der Waals surface area contributed by atoms with Crippen LogP contribution in [0.1, 0.15) is 0 Å². The summed E-state index contributed by atoms with van der Waals surface area (Å²) in [5.74, 6) is 5.35. The predicted octanol–water partition coefficient (Wildman–Crippen LogP) is 29.1. The smallest absolute Gasteiger partial charge is 0.238 e. The maximum Gasteiger partial charge on any atom is 0.238 e. The van der Waals surface area contributed by atoms with Gasteiger partial charge in [-0.15, -0.1) is 0 Å². The lowest BCUT2D eigenvalue weighted by Gasteiger charge is -2.32. The summed E-state index contributed by atoms with van der Waals surface area (Å²) in [6.07, 6.45) is 0. The van der Waals surface area contributed by atoms with E-state index >= 15 is 0 Å². The highest BCUT2D eigenvalue weighted by molar-refractivity contribution is 6.18. The minimum absolute atomic E-state index is 0.568. The lowest BCUT2D eigenvalue weighted by atomic mass is 9.91. The van der Waals surface area contributed by atoms with Crippen LogP contribution in [0.4, 0.5) is 52.0 Å². The third-order valence-corrected chi connectivity index (χ3v) is 24.2. The molecule has 3 aliphatic heterocycles. The molecule has 126 heavy (non-hydrogen) atoms. The van der Waals surface area contributed by atoms with Crippen molar-refractivity contribution in [1.29, 1.82) is 0 Å². The summed E-state index contributed by atoms with van der Waals surface area (Å²) in [7, 11) is 0. The zero-order valence-corrected chi connectivity index (χ0v) is 67.2. The summed E-state index contributed by atoms with van der Waals surface area (Å²) >= 11 is 0. The number of fused-ring (bicyclic) bond motifs is 15. The molecular weight excluding hydrogens is 1550 g/mol. The van der Waals surface area contributed by atoms with E-state index in [1.165, 1.54) is 49.0 Å². The Balaban J connectivity index is 0.000000103. The van der Waals surface area contributed by atoms with Crippen molar-refractivity contribution in [3.8, 4) is 102 Å². The zero-order chi connectivity index (χ0) is 82.9. The van der Waals surface area contributed by atoms with E-state index in [0.29, 0.717) is 52.8 Å². The van der Waals surface area contributed by atoms with Gasteiger partial charge < -0.3 is 13.3 Å². The minimum Gasteiger partial charge on any atom is -0.456 e. The predicted molar refractivity (Wildman–Crippen MR) is 507 cm³/mol. The van der Waals surface area contributed by atoms with Crippen molar-refractivity contribution in [3.05, 3.63) is 400 Å². The highest BCUT2D eigenvalue weighted by Crippen LogP contribution is 2.55. The van der Waals surface area contributed by atoms with Crippen molar-refractivity contribution in [3.63, 3.8) is 0 Å². The topological polar surface area (TPSA) is 165 Å². The number of hydrogen-bond acceptors (Lipinski definition) is 15. The number of benzene rings is 18. The van der Waals surface area contributed by atoms with E-state index in [9.17, 15) is 0 Å². The Labute approximate surface area is 720 Å². The largest absolute Gasteiger partial charge is 0.456 e. The van der Waals surface area contributed by atoms with Crippen LogP contribution < -0.4 is 14.7 Å². The molecule has 9 heterocycles. The molecule has 15 heteroatoms. The van der Waals surface area contributed by atoms with Crippen LogP contribution in [-0.4, -0.2) is 44.9 Å². The molecule has 0 amide bonds. The molecule has 0 spiro atoms. The first-order chi connectivity index (χ1) is 62.5. The lowest BCUT2D eigenvalue weighted by molar-refractivity contribution is 0.668. The molecule has 0 unspecified atom stereocenters. The van der Waals surface area contributed by atoms with Gasteiger partial charge in [0.1, 0.15) is 33.5 Å². The molecule has 0 radical (unpaired) electrons. The Morgan fingerprint density at radius 2 is 0.452 bits per heavy atom. The number of anilines is 9. The molecule has 0 saturated carbocycles. The average Bonchev–Trinajstić information content (AvgIpc) is 1.29. The van der Waals surface area contributed by atoms with Gasteiger partial charge in [-0.25, -0.2) is 15.0 Å². The monoisotopic (exact) mass is 1610 g/mol. The Morgan fingerprint density at radius 3 is 0.921 bits per heavy atom. The molecule has 0 bridgehead atoms. The zero-order valence-electron chi connectivity index (χ0n) is 67.2. The van der Waals surface area contributed by atoms with Crippen molar-refractivity contribution in [1.82, 2.24) is 44.9 Å². The molecule has 15 nitrogen and oxygen atoms in total. The van der Waals surface area contributed by atoms with Crippen LogP contribution in [-0.2, 0) is 0 Å². The van der Waals surface area contributed by atoms with Crippen LogP contribution in [0.15, 0.2) is 414 Å². The molecule has 24 aromatic rings. The minimum atomic E-state index is 0.568. The number of furan rings is 3. The molecular formula is C111H66N12O3. The Morgan fingerprint density at radius 1 is 0.159 bits per heavy atom. The molecule has 0 N–H and O–H groups in total. The standard InChI is InChI=1S/3C37H22N4O/c1-2-11-24(12-3-1)35-38-36(28-18-10-22-32-34(28)27-16-5-7-21-31(27)42-32)40-37(39-35)41-29-19-6-4-15-25(29)26-17-8-13-23-14-9-20-30(41)33(23)26;1-2-10-24(11-3-1)35-38-36(25-20-21-28-27-15-5-7-19-32(27)42-33(28)22-25)40-37(39-35)41-30-17-6-4-14-26(30)29-16-8-12-23-13-9-18-31(41)34(23)29;1-2-10-24(11-3-1)35-38-36(25-20-21-33-29(22-25)27-15-5-7-19-32(27)42-33)40-37(39-35)41-30-17-6-4-14-26(30)28-16-8-12-23-13-9-18-31(41)34(23)28/h3*1-22H. The van der Waals surface area contributed by atoms with Gasteiger partial charge >= 0.3 is 0 Å². The summed E-state index contributed by atoms with van der Waals surface area (Å²) in [6.45, 7) is 0. The number of para-hydroxylation sites is 6. The second-order valence-corrected chi connectivity index (χ2v) is 31.4. The van der Waals surface area contributed by atoms with Crippen LogP contribution in [0.5, 0.6) is 0 Å². The highest BCUT2D eigenvalue weighted by atomic mass is 16.3. The molecule has 0 atom stereocenters. The van der Waals surface area contributed by atoms with Crippen LogP contribution in [0.25, 0.3) is 200 Å².